The molecular weight excluding hydrogens is 204 g/mol. The smallest absolute Gasteiger partial charge is 0.264 e. The van der Waals surface area contributed by atoms with Crippen molar-refractivity contribution in [3.05, 3.63) is 11.8 Å². The van der Waals surface area contributed by atoms with E-state index in [1.54, 1.807) is 6.08 Å². The molecule has 0 spiro atoms. The van der Waals surface area contributed by atoms with Crippen molar-refractivity contribution in [1.29, 1.82) is 0 Å². The average molecular weight is 224 g/mol. The van der Waals surface area contributed by atoms with Gasteiger partial charge in [0.15, 0.2) is 0 Å². The molecule has 0 aromatic carbocycles. The third kappa shape index (κ3) is 3.66. The third-order valence-electron chi connectivity index (χ3n) is 2.62. The van der Waals surface area contributed by atoms with Gasteiger partial charge in [0.1, 0.15) is 0 Å². The minimum absolute atomic E-state index is 0.0735. The predicted octanol–water partition coefficient (Wildman–Crippen LogP) is -0.131. The fourth-order valence-corrected chi connectivity index (χ4v) is 1.62. The number of primary amides is 1. The highest BCUT2D eigenvalue weighted by Gasteiger charge is 2.14. The fourth-order valence-electron chi connectivity index (χ4n) is 1.62. The van der Waals surface area contributed by atoms with Crippen molar-refractivity contribution in [3.8, 4) is 0 Å². The van der Waals surface area contributed by atoms with Crippen LogP contribution in [0.4, 0.5) is 0 Å². The van der Waals surface area contributed by atoms with E-state index in [4.69, 9.17) is 11.5 Å². The second kappa shape index (κ2) is 5.65. The Kier molecular flexibility index (Phi) is 4.49. The van der Waals surface area contributed by atoms with Crippen molar-refractivity contribution in [2.75, 3.05) is 19.6 Å². The molecule has 90 valence electrons. The van der Waals surface area contributed by atoms with Crippen LogP contribution in [0.15, 0.2) is 16.8 Å². The van der Waals surface area contributed by atoms with Gasteiger partial charge in [-0.15, -0.1) is 0 Å². The molecule has 1 aliphatic heterocycles. The number of rotatable bonds is 3. The molecule has 0 saturated carbocycles. The lowest BCUT2D eigenvalue weighted by Gasteiger charge is -2.24. The first-order chi connectivity index (χ1) is 7.50. The van der Waals surface area contributed by atoms with Gasteiger partial charge in [-0.3, -0.25) is 14.7 Å². The van der Waals surface area contributed by atoms with E-state index in [0.29, 0.717) is 6.04 Å². The normalized spacial score (nSPS) is 19.4. The zero-order chi connectivity index (χ0) is 12.1. The number of hydrogen-bond donors (Lipinski definition) is 2. The topological polar surface area (TPSA) is 84.7 Å². The molecule has 0 saturated heterocycles. The maximum Gasteiger partial charge on any atom is 0.264 e. The van der Waals surface area contributed by atoms with Crippen molar-refractivity contribution in [3.63, 3.8) is 0 Å². The molecular formula is C11H20N4O. The van der Waals surface area contributed by atoms with Gasteiger partial charge in [-0.05, 0) is 26.3 Å². The molecule has 1 heterocycles. The van der Waals surface area contributed by atoms with Crippen molar-refractivity contribution in [2.24, 2.45) is 16.5 Å². The minimum atomic E-state index is -0.594. The first-order valence-corrected chi connectivity index (χ1v) is 5.55. The summed E-state index contributed by atoms with van der Waals surface area (Å²) < 4.78 is 0. The number of carbonyl (C=O) groups is 1. The van der Waals surface area contributed by atoms with Gasteiger partial charge in [-0.25, -0.2) is 0 Å². The molecule has 0 unspecified atom stereocenters. The Bertz CT molecular complexity index is 320. The summed E-state index contributed by atoms with van der Waals surface area (Å²) in [6.07, 6.45) is 2.62. The molecule has 16 heavy (non-hydrogen) atoms. The zero-order valence-electron chi connectivity index (χ0n) is 9.94. The highest BCUT2D eigenvalue weighted by Crippen LogP contribution is 2.05. The van der Waals surface area contributed by atoms with Crippen LogP contribution in [-0.2, 0) is 4.79 Å². The van der Waals surface area contributed by atoms with Crippen LogP contribution in [-0.4, -0.2) is 42.2 Å². The molecule has 0 radical (unpaired) electrons. The van der Waals surface area contributed by atoms with E-state index in [2.05, 4.69) is 23.7 Å². The predicted molar refractivity (Wildman–Crippen MR) is 65.1 cm³/mol. The monoisotopic (exact) mass is 224 g/mol. The molecule has 0 aromatic rings. The van der Waals surface area contributed by atoms with Gasteiger partial charge in [0.2, 0.25) is 0 Å². The minimum Gasteiger partial charge on any atom is -0.394 e. The summed E-state index contributed by atoms with van der Waals surface area (Å²) in [5.41, 5.74) is 11.5. The molecule has 4 N–H and O–H groups in total. The van der Waals surface area contributed by atoms with Gasteiger partial charge < -0.3 is 11.5 Å². The molecule has 1 aliphatic rings. The molecule has 1 rings (SSSR count). The molecule has 0 bridgehead atoms. The van der Waals surface area contributed by atoms with Crippen molar-refractivity contribution in [1.82, 2.24) is 4.90 Å². The molecule has 5 heteroatoms. The largest absolute Gasteiger partial charge is 0.394 e. The lowest BCUT2D eigenvalue weighted by molar-refractivity contribution is -0.114. The van der Waals surface area contributed by atoms with Crippen molar-refractivity contribution < 1.29 is 4.79 Å². The number of hydrogen-bond acceptors (Lipinski definition) is 4. The quantitative estimate of drug-likeness (QED) is 0.655. The molecule has 0 atom stereocenters. The van der Waals surface area contributed by atoms with Gasteiger partial charge in [0, 0.05) is 25.7 Å². The first-order valence-electron chi connectivity index (χ1n) is 5.55. The lowest BCUT2D eigenvalue weighted by atomic mass is 10.2. The third-order valence-corrected chi connectivity index (χ3v) is 2.62. The summed E-state index contributed by atoms with van der Waals surface area (Å²) in [5.74, 6) is -0.594. The molecule has 0 aromatic heterocycles. The molecule has 0 aliphatic carbocycles. The summed E-state index contributed by atoms with van der Waals surface area (Å²) in [4.78, 5) is 17.5. The number of aliphatic imine (C=N–C) groups is 1. The van der Waals surface area contributed by atoms with Crippen molar-refractivity contribution >= 4 is 11.6 Å². The van der Waals surface area contributed by atoms with E-state index in [0.717, 1.165) is 31.8 Å². The summed E-state index contributed by atoms with van der Waals surface area (Å²) in [6, 6.07) is 0.464. The van der Waals surface area contributed by atoms with Crippen LogP contribution in [0, 0.1) is 0 Å². The Morgan fingerprint density at radius 2 is 2.19 bits per heavy atom. The van der Waals surface area contributed by atoms with Gasteiger partial charge >= 0.3 is 0 Å². The van der Waals surface area contributed by atoms with Gasteiger partial charge in [0.25, 0.3) is 5.91 Å². The Balaban J connectivity index is 2.75. The fraction of sp³-hybridized carbons (Fsp3) is 0.636. The number of nitrogens with zero attached hydrogens (tertiary/aromatic N) is 2. The van der Waals surface area contributed by atoms with Crippen LogP contribution in [0.2, 0.25) is 0 Å². The van der Waals surface area contributed by atoms with Gasteiger partial charge in [-0.2, -0.15) is 0 Å². The Labute approximate surface area is 96.2 Å². The molecule has 5 nitrogen and oxygen atoms in total. The SMILES string of the molecule is CC(C)N1CCCN=C(/C=C(\N)C(N)=O)C1. The van der Waals surface area contributed by atoms with Crippen molar-refractivity contribution in [2.45, 2.75) is 26.3 Å². The highest BCUT2D eigenvalue weighted by atomic mass is 16.1. The number of amides is 1. The number of carbonyl (C=O) groups excluding carboxylic acids is 1. The van der Waals surface area contributed by atoms with E-state index in [1.807, 2.05) is 0 Å². The average Bonchev–Trinajstić information content (AvgIpc) is 2.43. The van der Waals surface area contributed by atoms with Crippen LogP contribution in [0.5, 0.6) is 0 Å². The van der Waals surface area contributed by atoms with E-state index in [1.165, 1.54) is 0 Å². The number of nitrogens with two attached hydrogens (primary N) is 2. The second-order valence-corrected chi connectivity index (χ2v) is 4.25. The Morgan fingerprint density at radius 3 is 2.75 bits per heavy atom. The second-order valence-electron chi connectivity index (χ2n) is 4.25. The first kappa shape index (κ1) is 12.7. The van der Waals surface area contributed by atoms with Crippen LogP contribution < -0.4 is 11.5 Å². The van der Waals surface area contributed by atoms with Crippen LogP contribution >= 0.6 is 0 Å². The Hall–Kier alpha value is -1.36. The van der Waals surface area contributed by atoms with Crippen LogP contribution in [0.1, 0.15) is 20.3 Å². The maximum absolute atomic E-state index is 10.8. The van der Waals surface area contributed by atoms with Crippen LogP contribution in [0.3, 0.4) is 0 Å². The zero-order valence-corrected chi connectivity index (χ0v) is 9.94. The summed E-state index contributed by atoms with van der Waals surface area (Å²) in [7, 11) is 0. The standard InChI is InChI=1S/C11H20N4O/c1-8(2)15-5-3-4-14-9(7-15)6-10(12)11(13)16/h6,8H,3-5,7,12H2,1-2H3,(H2,13,16)/b10-6-. The lowest BCUT2D eigenvalue weighted by Crippen LogP contribution is -2.35. The molecule has 0 fully saturated rings. The molecule has 1 amide bonds. The maximum atomic E-state index is 10.8. The summed E-state index contributed by atoms with van der Waals surface area (Å²) in [5, 5.41) is 0. The summed E-state index contributed by atoms with van der Waals surface area (Å²) in [6.45, 7) is 6.82. The van der Waals surface area contributed by atoms with Gasteiger partial charge in [-0.1, -0.05) is 0 Å². The van der Waals surface area contributed by atoms with Gasteiger partial charge in [0.05, 0.1) is 11.4 Å². The van der Waals surface area contributed by atoms with E-state index in [-0.39, 0.29) is 5.70 Å². The Morgan fingerprint density at radius 1 is 1.50 bits per heavy atom. The van der Waals surface area contributed by atoms with E-state index in [9.17, 15) is 4.79 Å². The van der Waals surface area contributed by atoms with E-state index < -0.39 is 5.91 Å². The van der Waals surface area contributed by atoms with Crippen LogP contribution in [0.25, 0.3) is 0 Å². The highest BCUT2D eigenvalue weighted by molar-refractivity contribution is 6.03. The summed E-state index contributed by atoms with van der Waals surface area (Å²) >= 11 is 0. The van der Waals surface area contributed by atoms with E-state index >= 15 is 0 Å².